The normalized spacial score (nSPS) is 10.6. The fourth-order valence-electron chi connectivity index (χ4n) is 3.13. The molecule has 0 radical (unpaired) electrons. The standard InChI is InChI=1S/C21H16BrClN2O7/c1-31-13-4-2-9(6-10(13)8-32-14-5-3-11(22)7-12(14)23)15-16(20(27)28)18(24)25-19(26)17(15)21(29)30/h2-7H,8H2,1H3,(H,27,28)(H,29,30)(H3,24,25,26). The molecule has 9 nitrogen and oxygen atoms in total. The van der Waals surface area contributed by atoms with Crippen LogP contribution in [0.5, 0.6) is 11.5 Å². The van der Waals surface area contributed by atoms with Crippen LogP contribution >= 0.6 is 27.5 Å². The van der Waals surface area contributed by atoms with Crippen LogP contribution in [-0.2, 0) is 6.61 Å². The van der Waals surface area contributed by atoms with Gasteiger partial charge in [0.05, 0.1) is 12.1 Å². The number of hydrogen-bond acceptors (Lipinski definition) is 6. The van der Waals surface area contributed by atoms with Crippen molar-refractivity contribution >= 4 is 45.3 Å². The van der Waals surface area contributed by atoms with Crippen molar-refractivity contribution in [3.05, 3.63) is 72.9 Å². The highest BCUT2D eigenvalue weighted by molar-refractivity contribution is 9.10. The van der Waals surface area contributed by atoms with Gasteiger partial charge in [-0.15, -0.1) is 0 Å². The van der Waals surface area contributed by atoms with Gasteiger partial charge in [-0.05, 0) is 35.9 Å². The number of ether oxygens (including phenoxy) is 2. The zero-order valence-corrected chi connectivity index (χ0v) is 18.8. The average Bonchev–Trinajstić information content (AvgIpc) is 2.71. The Bertz CT molecular complexity index is 1290. The van der Waals surface area contributed by atoms with Crippen molar-refractivity contribution in [3.63, 3.8) is 0 Å². The predicted octanol–water partition coefficient (Wildman–Crippen LogP) is 4.02. The summed E-state index contributed by atoms with van der Waals surface area (Å²) in [4.78, 5) is 37.9. The third-order valence-electron chi connectivity index (χ3n) is 4.52. The molecule has 0 bridgehead atoms. The van der Waals surface area contributed by atoms with Gasteiger partial charge in [-0.2, -0.15) is 0 Å². The fourth-order valence-corrected chi connectivity index (χ4v) is 3.86. The van der Waals surface area contributed by atoms with Crippen LogP contribution in [-0.4, -0.2) is 34.2 Å². The number of carbonyl (C=O) groups is 2. The minimum atomic E-state index is -1.60. The van der Waals surface area contributed by atoms with Crippen molar-refractivity contribution in [1.82, 2.24) is 4.98 Å². The molecule has 0 aliphatic carbocycles. The Morgan fingerprint density at radius 1 is 1.09 bits per heavy atom. The van der Waals surface area contributed by atoms with Crippen LogP contribution in [0, 0.1) is 0 Å². The summed E-state index contributed by atoms with van der Waals surface area (Å²) in [5.74, 6) is -2.77. The molecule has 0 unspecified atom stereocenters. The van der Waals surface area contributed by atoms with Gasteiger partial charge < -0.3 is 30.4 Å². The van der Waals surface area contributed by atoms with Crippen molar-refractivity contribution in [3.8, 4) is 22.6 Å². The minimum absolute atomic E-state index is 0.0398. The largest absolute Gasteiger partial charge is 0.496 e. The minimum Gasteiger partial charge on any atom is -0.496 e. The molecule has 0 saturated carbocycles. The number of aromatic nitrogens is 1. The molecular formula is C21H16BrClN2O7. The number of carboxylic acids is 2. The Morgan fingerprint density at radius 2 is 1.75 bits per heavy atom. The second-order valence-corrected chi connectivity index (χ2v) is 7.82. The molecule has 0 aliphatic heterocycles. The number of nitrogens with one attached hydrogen (secondary N) is 1. The summed E-state index contributed by atoms with van der Waals surface area (Å²) >= 11 is 9.48. The van der Waals surface area contributed by atoms with E-state index in [2.05, 4.69) is 20.9 Å². The summed E-state index contributed by atoms with van der Waals surface area (Å²) < 4.78 is 11.9. The third kappa shape index (κ3) is 4.56. The van der Waals surface area contributed by atoms with Gasteiger partial charge in [0.25, 0.3) is 5.56 Å². The van der Waals surface area contributed by atoms with Crippen molar-refractivity contribution < 1.29 is 29.3 Å². The van der Waals surface area contributed by atoms with E-state index in [1.807, 2.05) is 0 Å². The van der Waals surface area contributed by atoms with Gasteiger partial charge in [0.2, 0.25) is 0 Å². The Labute approximate surface area is 194 Å². The predicted molar refractivity (Wildman–Crippen MR) is 121 cm³/mol. The monoisotopic (exact) mass is 522 g/mol. The van der Waals surface area contributed by atoms with Gasteiger partial charge in [0, 0.05) is 15.6 Å². The highest BCUT2D eigenvalue weighted by atomic mass is 79.9. The Morgan fingerprint density at radius 3 is 2.34 bits per heavy atom. The molecule has 0 saturated heterocycles. The number of aromatic carboxylic acids is 2. The van der Waals surface area contributed by atoms with Crippen molar-refractivity contribution in [1.29, 1.82) is 0 Å². The molecule has 0 fully saturated rings. The second kappa shape index (κ2) is 9.33. The van der Waals surface area contributed by atoms with E-state index in [-0.39, 0.29) is 17.7 Å². The Balaban J connectivity index is 2.15. The molecule has 0 aliphatic rings. The van der Waals surface area contributed by atoms with Gasteiger partial charge in [-0.1, -0.05) is 33.6 Å². The van der Waals surface area contributed by atoms with Crippen LogP contribution < -0.4 is 20.8 Å². The van der Waals surface area contributed by atoms with Crippen LogP contribution in [0.4, 0.5) is 5.82 Å². The maximum absolute atomic E-state index is 12.3. The molecule has 32 heavy (non-hydrogen) atoms. The second-order valence-electron chi connectivity index (χ2n) is 6.49. The van der Waals surface area contributed by atoms with Gasteiger partial charge >= 0.3 is 11.9 Å². The lowest BCUT2D eigenvalue weighted by Gasteiger charge is -2.16. The number of pyridine rings is 1. The Kier molecular flexibility index (Phi) is 6.75. The molecule has 1 aromatic heterocycles. The number of anilines is 1. The number of benzene rings is 2. The molecule has 5 N–H and O–H groups in total. The highest BCUT2D eigenvalue weighted by Gasteiger charge is 2.27. The van der Waals surface area contributed by atoms with Crippen molar-refractivity contribution in [2.24, 2.45) is 0 Å². The van der Waals surface area contributed by atoms with E-state index in [0.717, 1.165) is 4.47 Å². The topological polar surface area (TPSA) is 152 Å². The number of H-pyrrole nitrogens is 1. The summed E-state index contributed by atoms with van der Waals surface area (Å²) in [5, 5.41) is 19.5. The average molecular weight is 524 g/mol. The summed E-state index contributed by atoms with van der Waals surface area (Å²) in [5.41, 5.74) is 3.66. The lowest BCUT2D eigenvalue weighted by atomic mass is 9.94. The molecule has 0 amide bonds. The number of rotatable bonds is 7. The first-order chi connectivity index (χ1) is 15.1. The first-order valence-electron chi connectivity index (χ1n) is 8.91. The summed E-state index contributed by atoms with van der Waals surface area (Å²) in [6.07, 6.45) is 0. The number of aromatic amines is 1. The maximum atomic E-state index is 12.3. The SMILES string of the molecule is COc1ccc(-c2c(C(=O)O)c(N)[nH]c(=O)c2C(=O)O)cc1COc1ccc(Br)cc1Cl. The van der Waals surface area contributed by atoms with E-state index < -0.39 is 34.4 Å². The van der Waals surface area contributed by atoms with Crippen LogP contribution in [0.15, 0.2) is 45.7 Å². The first kappa shape index (κ1) is 23.2. The van der Waals surface area contributed by atoms with Crippen LogP contribution in [0.2, 0.25) is 5.02 Å². The number of methoxy groups -OCH3 is 1. The summed E-state index contributed by atoms with van der Waals surface area (Å²) in [6, 6.07) is 9.46. The fraction of sp³-hybridized carbons (Fsp3) is 0.0952. The van der Waals surface area contributed by atoms with Gasteiger partial charge in [-0.25, -0.2) is 9.59 Å². The van der Waals surface area contributed by atoms with Gasteiger partial charge in [0.15, 0.2) is 0 Å². The molecule has 2 aromatic carbocycles. The van der Waals surface area contributed by atoms with E-state index in [0.29, 0.717) is 22.1 Å². The van der Waals surface area contributed by atoms with Crippen LogP contribution in [0.25, 0.3) is 11.1 Å². The van der Waals surface area contributed by atoms with Crippen molar-refractivity contribution in [2.45, 2.75) is 6.61 Å². The smallest absolute Gasteiger partial charge is 0.342 e. The quantitative estimate of drug-likeness (QED) is 0.362. The van der Waals surface area contributed by atoms with E-state index in [9.17, 15) is 24.6 Å². The van der Waals surface area contributed by atoms with Crippen molar-refractivity contribution in [2.75, 3.05) is 12.8 Å². The lowest BCUT2D eigenvalue weighted by Crippen LogP contribution is -2.24. The molecule has 166 valence electrons. The number of hydrogen-bond donors (Lipinski definition) is 4. The number of halogens is 2. The first-order valence-corrected chi connectivity index (χ1v) is 10.1. The van der Waals surface area contributed by atoms with E-state index in [1.165, 1.54) is 25.3 Å². The highest BCUT2D eigenvalue weighted by Crippen LogP contribution is 2.34. The summed E-state index contributed by atoms with van der Waals surface area (Å²) in [7, 11) is 1.43. The molecule has 1 heterocycles. The lowest BCUT2D eigenvalue weighted by molar-refractivity contribution is 0.0695. The van der Waals surface area contributed by atoms with Gasteiger partial charge in [0.1, 0.15) is 35.1 Å². The number of carboxylic acid groups (broad SMARTS) is 2. The number of nitrogen functional groups attached to an aromatic ring is 1. The van der Waals surface area contributed by atoms with E-state index >= 15 is 0 Å². The maximum Gasteiger partial charge on any atom is 0.342 e. The molecule has 11 heteroatoms. The van der Waals surface area contributed by atoms with Crippen LogP contribution in [0.3, 0.4) is 0 Å². The summed E-state index contributed by atoms with van der Waals surface area (Å²) in [6.45, 7) is -0.0398. The van der Waals surface area contributed by atoms with E-state index in [4.69, 9.17) is 26.8 Å². The zero-order valence-electron chi connectivity index (χ0n) is 16.4. The van der Waals surface area contributed by atoms with Gasteiger partial charge in [-0.3, -0.25) is 4.79 Å². The zero-order chi connectivity index (χ0) is 23.6. The molecule has 3 aromatic rings. The van der Waals surface area contributed by atoms with E-state index in [1.54, 1.807) is 18.2 Å². The number of nitrogens with two attached hydrogens (primary N) is 1. The molecule has 3 rings (SSSR count). The molecule has 0 atom stereocenters. The molecular weight excluding hydrogens is 508 g/mol. The Hall–Kier alpha value is -3.50. The van der Waals surface area contributed by atoms with Crippen LogP contribution in [0.1, 0.15) is 26.3 Å². The molecule has 0 spiro atoms. The third-order valence-corrected chi connectivity index (χ3v) is 5.31.